The number of hydroxylamine groups is 1. The highest BCUT2D eigenvalue weighted by Crippen LogP contribution is 2.09. The molecule has 1 unspecified atom stereocenters. The zero-order valence-corrected chi connectivity index (χ0v) is 9.21. The lowest BCUT2D eigenvalue weighted by atomic mass is 10.1. The quantitative estimate of drug-likeness (QED) is 0.648. The Morgan fingerprint density at radius 1 is 1.47 bits per heavy atom. The third-order valence-corrected chi connectivity index (χ3v) is 1.91. The molecule has 7 nitrogen and oxygen atoms in total. The maximum absolute atomic E-state index is 11.3. The van der Waals surface area contributed by atoms with Crippen LogP contribution in [0.15, 0.2) is 24.5 Å². The highest BCUT2D eigenvalue weighted by atomic mass is 16.7. The number of urea groups is 1. The van der Waals surface area contributed by atoms with Gasteiger partial charge in [-0.15, -0.1) is 0 Å². The molecule has 17 heavy (non-hydrogen) atoms. The summed E-state index contributed by atoms with van der Waals surface area (Å²) in [6.07, 6.45) is 3.23. The Morgan fingerprint density at radius 3 is 2.71 bits per heavy atom. The fraction of sp³-hybridized carbons (Fsp3) is 0.300. The molecule has 0 saturated heterocycles. The molecule has 1 aromatic heterocycles. The van der Waals surface area contributed by atoms with Crippen molar-refractivity contribution in [3.8, 4) is 0 Å². The van der Waals surface area contributed by atoms with Crippen molar-refractivity contribution in [1.82, 2.24) is 15.8 Å². The summed E-state index contributed by atoms with van der Waals surface area (Å²) in [4.78, 5) is 29.7. The van der Waals surface area contributed by atoms with Crippen molar-refractivity contribution in [3.05, 3.63) is 30.1 Å². The highest BCUT2D eigenvalue weighted by Gasteiger charge is 2.09. The van der Waals surface area contributed by atoms with E-state index in [2.05, 4.69) is 15.1 Å². The zero-order chi connectivity index (χ0) is 12.7. The van der Waals surface area contributed by atoms with Crippen LogP contribution in [0.4, 0.5) is 4.79 Å². The van der Waals surface area contributed by atoms with Gasteiger partial charge in [-0.05, 0) is 24.6 Å². The number of pyridine rings is 1. The zero-order valence-electron chi connectivity index (χ0n) is 9.21. The monoisotopic (exact) mass is 239 g/mol. The summed E-state index contributed by atoms with van der Waals surface area (Å²) in [6.45, 7) is 1.20. The van der Waals surface area contributed by atoms with E-state index >= 15 is 0 Å². The first-order valence-corrected chi connectivity index (χ1v) is 4.89. The number of hydrogen-bond acceptors (Lipinski definition) is 4. The fourth-order valence-electron chi connectivity index (χ4n) is 1.12. The number of carboxylic acids is 1. The van der Waals surface area contributed by atoms with Crippen LogP contribution in [0.2, 0.25) is 0 Å². The molecule has 7 heteroatoms. The molecular formula is C10H13N3O4. The number of aromatic nitrogens is 1. The van der Waals surface area contributed by atoms with Crippen molar-refractivity contribution >= 4 is 12.0 Å². The summed E-state index contributed by atoms with van der Waals surface area (Å²) in [5.74, 6) is -1.16. The number of carbonyl (C=O) groups is 2. The van der Waals surface area contributed by atoms with Crippen molar-refractivity contribution in [2.24, 2.45) is 0 Å². The van der Waals surface area contributed by atoms with Gasteiger partial charge in [0.05, 0.1) is 6.04 Å². The normalized spacial score (nSPS) is 11.6. The smallest absolute Gasteiger partial charge is 0.339 e. The van der Waals surface area contributed by atoms with Gasteiger partial charge in [0.25, 0.3) is 0 Å². The van der Waals surface area contributed by atoms with Crippen LogP contribution in [-0.2, 0) is 9.63 Å². The van der Waals surface area contributed by atoms with Gasteiger partial charge in [-0.1, -0.05) is 0 Å². The van der Waals surface area contributed by atoms with Gasteiger partial charge < -0.3 is 10.4 Å². The third-order valence-electron chi connectivity index (χ3n) is 1.91. The van der Waals surface area contributed by atoms with Crippen LogP contribution in [0.25, 0.3) is 0 Å². The van der Waals surface area contributed by atoms with Crippen molar-refractivity contribution in [2.45, 2.75) is 13.0 Å². The number of hydrogen-bond donors (Lipinski definition) is 3. The van der Waals surface area contributed by atoms with E-state index in [1.807, 2.05) is 5.48 Å². The predicted octanol–water partition coefficient (Wildman–Crippen LogP) is 0.458. The van der Waals surface area contributed by atoms with E-state index < -0.39 is 18.6 Å². The molecule has 1 aromatic rings. The molecule has 0 aliphatic carbocycles. The second kappa shape index (κ2) is 6.44. The first-order valence-electron chi connectivity index (χ1n) is 4.89. The molecule has 0 spiro atoms. The molecule has 1 atom stereocenters. The van der Waals surface area contributed by atoms with Gasteiger partial charge in [0, 0.05) is 12.4 Å². The lowest BCUT2D eigenvalue weighted by Gasteiger charge is -2.14. The molecule has 92 valence electrons. The molecule has 0 aliphatic rings. The minimum atomic E-state index is -1.16. The maximum Gasteiger partial charge on any atom is 0.339 e. The van der Waals surface area contributed by atoms with Crippen LogP contribution in [0.1, 0.15) is 18.5 Å². The van der Waals surface area contributed by atoms with Crippen LogP contribution < -0.4 is 10.8 Å². The van der Waals surface area contributed by atoms with E-state index in [1.165, 1.54) is 0 Å². The third kappa shape index (κ3) is 4.94. The van der Waals surface area contributed by atoms with Crippen molar-refractivity contribution < 1.29 is 19.5 Å². The number of amides is 2. The molecule has 2 amide bonds. The Labute approximate surface area is 97.8 Å². The average Bonchev–Trinajstić information content (AvgIpc) is 2.29. The molecule has 0 bridgehead atoms. The first kappa shape index (κ1) is 12.9. The summed E-state index contributed by atoms with van der Waals surface area (Å²) in [5.41, 5.74) is 2.85. The van der Waals surface area contributed by atoms with Crippen LogP contribution in [-0.4, -0.2) is 28.7 Å². The van der Waals surface area contributed by atoms with Crippen LogP contribution >= 0.6 is 0 Å². The van der Waals surface area contributed by atoms with E-state index in [1.54, 1.807) is 31.5 Å². The molecule has 0 fully saturated rings. The highest BCUT2D eigenvalue weighted by molar-refractivity contribution is 5.73. The Balaban J connectivity index is 2.34. The molecule has 1 heterocycles. The van der Waals surface area contributed by atoms with Gasteiger partial charge in [-0.25, -0.2) is 15.1 Å². The van der Waals surface area contributed by atoms with Crippen molar-refractivity contribution in [3.63, 3.8) is 0 Å². The number of aliphatic carboxylic acids is 1. The number of nitrogens with one attached hydrogen (secondary N) is 2. The number of carboxylic acid groups (broad SMARTS) is 1. The number of carbonyl (C=O) groups excluding carboxylic acids is 1. The first-order chi connectivity index (χ1) is 8.09. The SMILES string of the molecule is CC(NC(=O)NOCC(=O)O)c1ccncc1. The summed E-state index contributed by atoms with van der Waals surface area (Å²) >= 11 is 0. The minimum absolute atomic E-state index is 0.230. The van der Waals surface area contributed by atoms with E-state index in [4.69, 9.17) is 5.11 Å². The summed E-state index contributed by atoms with van der Waals surface area (Å²) in [7, 11) is 0. The largest absolute Gasteiger partial charge is 0.479 e. The minimum Gasteiger partial charge on any atom is -0.479 e. The maximum atomic E-state index is 11.3. The molecule has 0 aliphatic heterocycles. The van der Waals surface area contributed by atoms with Gasteiger partial charge in [0.1, 0.15) is 0 Å². The lowest BCUT2D eigenvalue weighted by molar-refractivity contribution is -0.144. The molecule has 0 aromatic carbocycles. The molecule has 1 rings (SSSR count). The van der Waals surface area contributed by atoms with Gasteiger partial charge in [-0.2, -0.15) is 0 Å². The van der Waals surface area contributed by atoms with E-state index in [0.717, 1.165) is 5.56 Å². The summed E-state index contributed by atoms with van der Waals surface area (Å²) in [5, 5.41) is 10.9. The average molecular weight is 239 g/mol. The fourth-order valence-corrected chi connectivity index (χ4v) is 1.12. The number of rotatable bonds is 5. The number of nitrogens with zero attached hydrogens (tertiary/aromatic N) is 1. The van der Waals surface area contributed by atoms with E-state index in [9.17, 15) is 9.59 Å². The van der Waals surface area contributed by atoms with Gasteiger partial charge in [0.2, 0.25) is 0 Å². The van der Waals surface area contributed by atoms with Gasteiger partial charge in [0.15, 0.2) is 6.61 Å². The van der Waals surface area contributed by atoms with Gasteiger partial charge >= 0.3 is 12.0 Å². The van der Waals surface area contributed by atoms with Crippen molar-refractivity contribution in [2.75, 3.05) is 6.61 Å². The van der Waals surface area contributed by atoms with E-state index in [0.29, 0.717) is 0 Å². The Morgan fingerprint density at radius 2 is 2.12 bits per heavy atom. The van der Waals surface area contributed by atoms with E-state index in [-0.39, 0.29) is 6.04 Å². The Hall–Kier alpha value is -2.15. The molecule has 3 N–H and O–H groups in total. The topological polar surface area (TPSA) is 101 Å². The molecule has 0 radical (unpaired) electrons. The van der Waals surface area contributed by atoms with Crippen LogP contribution in [0.5, 0.6) is 0 Å². The van der Waals surface area contributed by atoms with Gasteiger partial charge in [-0.3, -0.25) is 9.82 Å². The standard InChI is InChI=1S/C10H13N3O4/c1-7(8-2-4-11-5-3-8)12-10(16)13-17-6-9(14)15/h2-5,7H,6H2,1H3,(H,14,15)(H2,12,13,16). The molecular weight excluding hydrogens is 226 g/mol. The van der Waals surface area contributed by atoms with Crippen molar-refractivity contribution in [1.29, 1.82) is 0 Å². The molecule has 0 saturated carbocycles. The second-order valence-electron chi connectivity index (χ2n) is 3.26. The second-order valence-corrected chi connectivity index (χ2v) is 3.26. The summed E-state index contributed by atoms with van der Waals surface area (Å²) in [6, 6.07) is 2.70. The Bertz CT molecular complexity index is 382. The summed E-state index contributed by atoms with van der Waals surface area (Å²) < 4.78 is 0. The Kier molecular flexibility index (Phi) is 4.89. The van der Waals surface area contributed by atoms with Crippen LogP contribution in [0, 0.1) is 0 Å². The van der Waals surface area contributed by atoms with Crippen LogP contribution in [0.3, 0.4) is 0 Å². The lowest BCUT2D eigenvalue weighted by Crippen LogP contribution is -2.38. The predicted molar refractivity (Wildman–Crippen MR) is 57.9 cm³/mol.